The number of aromatic nitrogens is 1. The Bertz CT molecular complexity index is 1160. The number of hydrogen-bond acceptors (Lipinski definition) is 5. The molecule has 32 heavy (non-hydrogen) atoms. The Hall–Kier alpha value is -3.04. The normalized spacial score (nSPS) is 11.6. The summed E-state index contributed by atoms with van der Waals surface area (Å²) in [6.45, 7) is 4.68. The lowest BCUT2D eigenvalue weighted by Crippen LogP contribution is -2.30. The molecule has 9 heteroatoms. The maximum atomic E-state index is 13.8. The summed E-state index contributed by atoms with van der Waals surface area (Å²) >= 11 is 0. The van der Waals surface area contributed by atoms with Crippen LogP contribution in [0.1, 0.15) is 31.7 Å². The molecule has 1 aromatic heterocycles. The molecule has 0 aliphatic rings. The van der Waals surface area contributed by atoms with Crippen LogP contribution in [0.4, 0.5) is 4.39 Å². The molecule has 7 nitrogen and oxygen atoms in total. The molecular formula is C23H26FN3O4S. The molecule has 2 aromatic carbocycles. The smallest absolute Gasteiger partial charge is 0.243 e. The van der Waals surface area contributed by atoms with Crippen LogP contribution < -0.4 is 5.32 Å². The molecule has 1 heterocycles. The Kier molecular flexibility index (Phi) is 7.76. The number of oxazole rings is 1. The number of rotatable bonds is 10. The number of nitrogens with one attached hydrogen (secondary N) is 1. The Labute approximate surface area is 187 Å². The summed E-state index contributed by atoms with van der Waals surface area (Å²) in [5.74, 6) is 0.0713. The van der Waals surface area contributed by atoms with Gasteiger partial charge >= 0.3 is 0 Å². The Morgan fingerprint density at radius 1 is 1.09 bits per heavy atom. The monoisotopic (exact) mass is 459 g/mol. The Morgan fingerprint density at radius 2 is 1.78 bits per heavy atom. The second kappa shape index (κ2) is 10.5. The number of halogens is 1. The first-order chi connectivity index (χ1) is 15.3. The molecule has 0 aliphatic heterocycles. The van der Waals surface area contributed by atoms with Gasteiger partial charge in [0.25, 0.3) is 0 Å². The van der Waals surface area contributed by atoms with Gasteiger partial charge < -0.3 is 9.73 Å². The third-order valence-electron chi connectivity index (χ3n) is 5.02. The molecule has 0 unspecified atom stereocenters. The van der Waals surface area contributed by atoms with Crippen molar-refractivity contribution < 1.29 is 22.0 Å². The minimum absolute atomic E-state index is 0.158. The largest absolute Gasteiger partial charge is 0.441 e. The van der Waals surface area contributed by atoms with Crippen molar-refractivity contribution in [2.24, 2.45) is 0 Å². The third kappa shape index (κ3) is 5.60. The molecule has 0 atom stereocenters. The van der Waals surface area contributed by atoms with E-state index in [1.807, 2.05) is 0 Å². The molecule has 0 saturated carbocycles. The minimum atomic E-state index is -3.50. The first-order valence-corrected chi connectivity index (χ1v) is 11.8. The van der Waals surface area contributed by atoms with Crippen LogP contribution in [0.5, 0.6) is 0 Å². The highest BCUT2D eigenvalue weighted by Gasteiger charge is 2.21. The summed E-state index contributed by atoms with van der Waals surface area (Å²) in [4.78, 5) is 16.5. The third-order valence-corrected chi connectivity index (χ3v) is 7.08. The van der Waals surface area contributed by atoms with Crippen LogP contribution in [-0.2, 0) is 27.8 Å². The Balaban J connectivity index is 1.51. The maximum Gasteiger partial charge on any atom is 0.243 e. The molecule has 0 saturated heterocycles. The highest BCUT2D eigenvalue weighted by molar-refractivity contribution is 7.89. The van der Waals surface area contributed by atoms with Crippen molar-refractivity contribution in [2.75, 3.05) is 13.1 Å². The second-order valence-electron chi connectivity index (χ2n) is 7.11. The molecule has 170 valence electrons. The van der Waals surface area contributed by atoms with Gasteiger partial charge in [-0.15, -0.1) is 0 Å². The first-order valence-electron chi connectivity index (χ1n) is 10.4. The lowest BCUT2D eigenvalue weighted by Gasteiger charge is -2.18. The van der Waals surface area contributed by atoms with Gasteiger partial charge in [0, 0.05) is 32.5 Å². The molecule has 0 aliphatic carbocycles. The van der Waals surface area contributed by atoms with Crippen molar-refractivity contribution in [1.29, 1.82) is 0 Å². The zero-order chi connectivity index (χ0) is 23.1. The second-order valence-corrected chi connectivity index (χ2v) is 9.05. The molecule has 1 amide bonds. The van der Waals surface area contributed by atoms with Crippen molar-refractivity contribution >= 4 is 15.9 Å². The number of amides is 1. The highest BCUT2D eigenvalue weighted by Crippen LogP contribution is 2.23. The van der Waals surface area contributed by atoms with Gasteiger partial charge in [-0.2, -0.15) is 4.31 Å². The van der Waals surface area contributed by atoms with E-state index in [1.54, 1.807) is 56.3 Å². The van der Waals surface area contributed by atoms with Gasteiger partial charge in [-0.25, -0.2) is 17.8 Å². The summed E-state index contributed by atoms with van der Waals surface area (Å²) in [6.07, 6.45) is 1.88. The van der Waals surface area contributed by atoms with Crippen LogP contribution in [0.15, 0.2) is 64.0 Å². The van der Waals surface area contributed by atoms with E-state index in [1.165, 1.54) is 16.6 Å². The van der Waals surface area contributed by atoms with Crippen molar-refractivity contribution in [2.45, 2.75) is 38.1 Å². The summed E-state index contributed by atoms with van der Waals surface area (Å²) in [6, 6.07) is 12.7. The van der Waals surface area contributed by atoms with E-state index in [0.29, 0.717) is 30.3 Å². The lowest BCUT2D eigenvalue weighted by molar-refractivity contribution is -0.121. The average Bonchev–Trinajstić information content (AvgIpc) is 3.26. The zero-order valence-electron chi connectivity index (χ0n) is 18.0. The fraction of sp³-hybridized carbons (Fsp3) is 0.304. The van der Waals surface area contributed by atoms with Gasteiger partial charge in [0.1, 0.15) is 5.82 Å². The lowest BCUT2D eigenvalue weighted by atomic mass is 10.2. The molecule has 1 N–H and O–H groups in total. The van der Waals surface area contributed by atoms with Crippen molar-refractivity contribution in [3.8, 4) is 11.3 Å². The van der Waals surface area contributed by atoms with Crippen LogP contribution in [0, 0.1) is 5.82 Å². The summed E-state index contributed by atoms with van der Waals surface area (Å²) in [7, 11) is -3.50. The molecule has 0 fully saturated rings. The molecule has 0 bridgehead atoms. The Morgan fingerprint density at radius 3 is 2.44 bits per heavy atom. The molecule has 0 radical (unpaired) electrons. The maximum absolute atomic E-state index is 13.8. The van der Waals surface area contributed by atoms with Gasteiger partial charge in [-0.1, -0.05) is 38.1 Å². The van der Waals surface area contributed by atoms with E-state index < -0.39 is 15.8 Å². The van der Waals surface area contributed by atoms with Crippen molar-refractivity contribution in [1.82, 2.24) is 14.6 Å². The standard InChI is InChI=1S/C23H26FN3O4S/c1-3-27(4-2)32(29,30)18-11-9-17(10-12-18)15-25-22(28)13-14-23-26-16-21(31-23)19-7-5-6-8-20(19)24/h5-12,16H,3-4,13-15H2,1-2H3,(H,25,28). The van der Waals surface area contributed by atoms with E-state index >= 15 is 0 Å². The molecule has 3 aromatic rings. The highest BCUT2D eigenvalue weighted by atomic mass is 32.2. The van der Waals surface area contributed by atoms with Crippen LogP contribution >= 0.6 is 0 Å². The number of sulfonamides is 1. The SMILES string of the molecule is CCN(CC)S(=O)(=O)c1ccc(CNC(=O)CCc2ncc(-c3ccccc3F)o2)cc1. The van der Waals surface area contributed by atoms with Crippen LogP contribution in [0.2, 0.25) is 0 Å². The number of carbonyl (C=O) groups excluding carboxylic acids is 1. The first kappa shape index (κ1) is 23.6. The molecule has 0 spiro atoms. The van der Waals surface area contributed by atoms with E-state index in [2.05, 4.69) is 10.3 Å². The molecular weight excluding hydrogens is 433 g/mol. The predicted octanol–water partition coefficient (Wildman–Crippen LogP) is 3.76. The van der Waals surface area contributed by atoms with E-state index in [0.717, 1.165) is 5.56 Å². The van der Waals surface area contributed by atoms with Gasteiger partial charge in [-0.3, -0.25) is 4.79 Å². The van der Waals surface area contributed by atoms with E-state index in [9.17, 15) is 17.6 Å². The number of carbonyl (C=O) groups is 1. The van der Waals surface area contributed by atoms with Crippen LogP contribution in [-0.4, -0.2) is 36.7 Å². The molecule has 3 rings (SSSR count). The van der Waals surface area contributed by atoms with E-state index in [-0.39, 0.29) is 30.2 Å². The van der Waals surface area contributed by atoms with E-state index in [4.69, 9.17) is 4.42 Å². The van der Waals surface area contributed by atoms with Crippen molar-refractivity contribution in [3.05, 3.63) is 72.0 Å². The number of nitrogens with zero attached hydrogens (tertiary/aromatic N) is 2. The fourth-order valence-corrected chi connectivity index (χ4v) is 4.67. The minimum Gasteiger partial charge on any atom is -0.441 e. The fourth-order valence-electron chi connectivity index (χ4n) is 3.21. The zero-order valence-corrected chi connectivity index (χ0v) is 18.9. The number of benzene rings is 2. The average molecular weight is 460 g/mol. The van der Waals surface area contributed by atoms with Crippen molar-refractivity contribution in [3.63, 3.8) is 0 Å². The number of aryl methyl sites for hydroxylation is 1. The summed E-state index contributed by atoms with van der Waals surface area (Å²) in [5.41, 5.74) is 1.11. The number of hydrogen-bond donors (Lipinski definition) is 1. The quantitative estimate of drug-likeness (QED) is 0.498. The van der Waals surface area contributed by atoms with Gasteiger partial charge in [0.2, 0.25) is 15.9 Å². The topological polar surface area (TPSA) is 92.5 Å². The summed E-state index contributed by atoms with van der Waals surface area (Å²) < 4.78 is 45.8. The van der Waals surface area contributed by atoms with Gasteiger partial charge in [-0.05, 0) is 29.8 Å². The van der Waals surface area contributed by atoms with Gasteiger partial charge in [0.15, 0.2) is 11.7 Å². The van der Waals surface area contributed by atoms with Crippen LogP contribution in [0.25, 0.3) is 11.3 Å². The van der Waals surface area contributed by atoms with Crippen LogP contribution in [0.3, 0.4) is 0 Å². The summed E-state index contributed by atoms with van der Waals surface area (Å²) in [5, 5.41) is 2.79. The predicted molar refractivity (Wildman–Crippen MR) is 119 cm³/mol. The van der Waals surface area contributed by atoms with Gasteiger partial charge in [0.05, 0.1) is 16.7 Å².